The van der Waals surface area contributed by atoms with Crippen molar-refractivity contribution >= 4 is 23.2 Å². The van der Waals surface area contributed by atoms with Crippen molar-refractivity contribution in [3.05, 3.63) is 39.9 Å². The molecule has 0 radical (unpaired) electrons. The fraction of sp³-hybridized carbons (Fsp3) is 0.500. The summed E-state index contributed by atoms with van der Waals surface area (Å²) in [6, 6.07) is 5.71. The molecule has 6 heteroatoms. The van der Waals surface area contributed by atoms with Gasteiger partial charge in [0.05, 0.1) is 4.92 Å². The molecule has 0 saturated carbocycles. The fourth-order valence-electron chi connectivity index (χ4n) is 1.82. The van der Waals surface area contributed by atoms with E-state index in [4.69, 9.17) is 11.6 Å². The number of carbonyl (C=O) groups excluding carboxylic acids is 1. The van der Waals surface area contributed by atoms with E-state index in [0.717, 1.165) is 12.8 Å². The van der Waals surface area contributed by atoms with E-state index >= 15 is 0 Å². The lowest BCUT2D eigenvalue weighted by Gasteiger charge is -2.24. The van der Waals surface area contributed by atoms with Crippen LogP contribution in [0.2, 0.25) is 0 Å². The molecular formula is C14H19ClN2O3. The number of rotatable bonds is 7. The molecule has 110 valence electrons. The van der Waals surface area contributed by atoms with Crippen LogP contribution in [0.1, 0.15) is 37.0 Å². The van der Waals surface area contributed by atoms with Gasteiger partial charge < -0.3 is 5.32 Å². The average Bonchev–Trinajstić information content (AvgIpc) is 2.43. The topological polar surface area (TPSA) is 72.2 Å². The molecule has 0 aliphatic carbocycles. The summed E-state index contributed by atoms with van der Waals surface area (Å²) in [6.07, 6.45) is 1.80. The third kappa shape index (κ3) is 5.17. The molecule has 1 rings (SSSR count). The minimum Gasteiger partial charge on any atom is -0.351 e. The summed E-state index contributed by atoms with van der Waals surface area (Å²) in [4.78, 5) is 22.1. The summed E-state index contributed by atoms with van der Waals surface area (Å²) >= 11 is 5.66. The van der Waals surface area contributed by atoms with Gasteiger partial charge in [-0.3, -0.25) is 14.9 Å². The van der Waals surface area contributed by atoms with Gasteiger partial charge in [0.15, 0.2) is 0 Å². The largest absolute Gasteiger partial charge is 0.351 e. The first-order valence-electron chi connectivity index (χ1n) is 6.44. The SMILES string of the molecule is CC(C)(CCCCl)CNC(=O)c1cccc([N+](=O)[O-])c1. The number of nitro benzene ring substituents is 1. The molecular weight excluding hydrogens is 280 g/mol. The Morgan fingerprint density at radius 2 is 2.15 bits per heavy atom. The molecule has 0 fully saturated rings. The van der Waals surface area contributed by atoms with Crippen molar-refractivity contribution in [2.45, 2.75) is 26.7 Å². The number of carbonyl (C=O) groups is 1. The van der Waals surface area contributed by atoms with E-state index < -0.39 is 4.92 Å². The van der Waals surface area contributed by atoms with Crippen LogP contribution >= 0.6 is 11.6 Å². The predicted octanol–water partition coefficient (Wildman–Crippen LogP) is 3.37. The van der Waals surface area contributed by atoms with Crippen LogP contribution in [-0.2, 0) is 0 Å². The number of halogens is 1. The lowest BCUT2D eigenvalue weighted by molar-refractivity contribution is -0.384. The van der Waals surface area contributed by atoms with Gasteiger partial charge in [0, 0.05) is 30.1 Å². The molecule has 20 heavy (non-hydrogen) atoms. The van der Waals surface area contributed by atoms with Crippen molar-refractivity contribution in [1.29, 1.82) is 0 Å². The number of alkyl halides is 1. The van der Waals surface area contributed by atoms with E-state index in [1.807, 2.05) is 13.8 Å². The minimum absolute atomic E-state index is 0.0503. The second-order valence-electron chi connectivity index (χ2n) is 5.45. The highest BCUT2D eigenvalue weighted by Gasteiger charge is 2.19. The van der Waals surface area contributed by atoms with E-state index in [2.05, 4.69) is 5.32 Å². The number of non-ortho nitro benzene ring substituents is 1. The molecule has 1 aromatic carbocycles. The molecule has 5 nitrogen and oxygen atoms in total. The van der Waals surface area contributed by atoms with E-state index in [1.54, 1.807) is 6.07 Å². The number of nitrogens with one attached hydrogen (secondary N) is 1. The van der Waals surface area contributed by atoms with Crippen LogP contribution in [0.5, 0.6) is 0 Å². The summed E-state index contributed by atoms with van der Waals surface area (Å²) < 4.78 is 0. The highest BCUT2D eigenvalue weighted by atomic mass is 35.5. The standard InChI is InChI=1S/C14H19ClN2O3/c1-14(2,7-4-8-15)10-16-13(18)11-5-3-6-12(9-11)17(19)20/h3,5-6,9H,4,7-8,10H2,1-2H3,(H,16,18). The summed E-state index contributed by atoms with van der Waals surface area (Å²) in [7, 11) is 0. The zero-order valence-electron chi connectivity index (χ0n) is 11.7. The first kappa shape index (κ1) is 16.4. The molecule has 0 saturated heterocycles. The average molecular weight is 299 g/mol. The molecule has 0 spiro atoms. The Morgan fingerprint density at radius 3 is 2.75 bits per heavy atom. The molecule has 0 unspecified atom stereocenters. The second-order valence-corrected chi connectivity index (χ2v) is 5.82. The maximum absolute atomic E-state index is 12.0. The third-order valence-electron chi connectivity index (χ3n) is 3.03. The van der Waals surface area contributed by atoms with Gasteiger partial charge in [0.2, 0.25) is 0 Å². The van der Waals surface area contributed by atoms with Crippen LogP contribution in [0.25, 0.3) is 0 Å². The lowest BCUT2D eigenvalue weighted by Crippen LogP contribution is -2.34. The summed E-state index contributed by atoms with van der Waals surface area (Å²) in [5.41, 5.74) is 0.164. The van der Waals surface area contributed by atoms with Gasteiger partial charge in [-0.25, -0.2) is 0 Å². The van der Waals surface area contributed by atoms with Gasteiger partial charge in [-0.1, -0.05) is 19.9 Å². The van der Waals surface area contributed by atoms with E-state index in [-0.39, 0.29) is 17.0 Å². The molecule has 0 aliphatic heterocycles. The Hall–Kier alpha value is -1.62. The summed E-state index contributed by atoms with van der Waals surface area (Å²) in [5, 5.41) is 13.5. The summed E-state index contributed by atoms with van der Waals surface area (Å²) in [5.74, 6) is 0.301. The number of hydrogen-bond donors (Lipinski definition) is 1. The Labute approximate surface area is 123 Å². The molecule has 0 atom stereocenters. The van der Waals surface area contributed by atoms with Gasteiger partial charge in [-0.05, 0) is 24.3 Å². The maximum atomic E-state index is 12.0. The maximum Gasteiger partial charge on any atom is 0.270 e. The molecule has 0 aliphatic rings. The van der Waals surface area contributed by atoms with Crippen LogP contribution in [0.15, 0.2) is 24.3 Å². The van der Waals surface area contributed by atoms with Gasteiger partial charge >= 0.3 is 0 Å². The van der Waals surface area contributed by atoms with E-state index in [9.17, 15) is 14.9 Å². The monoisotopic (exact) mass is 298 g/mol. The van der Waals surface area contributed by atoms with Crippen molar-refractivity contribution in [1.82, 2.24) is 5.32 Å². The highest BCUT2D eigenvalue weighted by Crippen LogP contribution is 2.21. The normalized spacial score (nSPS) is 11.2. The van der Waals surface area contributed by atoms with Gasteiger partial charge in [0.1, 0.15) is 0 Å². The van der Waals surface area contributed by atoms with Gasteiger partial charge in [0.25, 0.3) is 11.6 Å². The molecule has 1 amide bonds. The number of benzene rings is 1. The highest BCUT2D eigenvalue weighted by molar-refractivity contribution is 6.17. The Balaban J connectivity index is 2.63. The lowest BCUT2D eigenvalue weighted by atomic mass is 9.88. The first-order chi connectivity index (χ1) is 9.35. The number of nitrogens with zero attached hydrogens (tertiary/aromatic N) is 1. The molecule has 0 bridgehead atoms. The van der Waals surface area contributed by atoms with E-state index in [1.165, 1.54) is 18.2 Å². The molecule has 0 heterocycles. The van der Waals surface area contributed by atoms with Crippen LogP contribution in [0.4, 0.5) is 5.69 Å². The number of hydrogen-bond acceptors (Lipinski definition) is 3. The molecule has 0 aromatic heterocycles. The van der Waals surface area contributed by atoms with Gasteiger partial charge in [-0.15, -0.1) is 11.6 Å². The molecule has 1 N–H and O–H groups in total. The van der Waals surface area contributed by atoms with Crippen LogP contribution < -0.4 is 5.32 Å². The Kier molecular flexibility index (Phi) is 5.95. The zero-order valence-corrected chi connectivity index (χ0v) is 12.4. The number of amides is 1. The van der Waals surface area contributed by atoms with Crippen LogP contribution in [0.3, 0.4) is 0 Å². The summed E-state index contributed by atoms with van der Waals surface area (Å²) in [6.45, 7) is 4.60. The fourth-order valence-corrected chi connectivity index (χ4v) is 1.95. The van der Waals surface area contributed by atoms with Crippen molar-refractivity contribution in [3.8, 4) is 0 Å². The minimum atomic E-state index is -0.513. The predicted molar refractivity (Wildman–Crippen MR) is 79.2 cm³/mol. The smallest absolute Gasteiger partial charge is 0.270 e. The zero-order chi connectivity index (χ0) is 15.2. The third-order valence-corrected chi connectivity index (χ3v) is 3.30. The van der Waals surface area contributed by atoms with E-state index in [0.29, 0.717) is 18.0 Å². The van der Waals surface area contributed by atoms with Gasteiger partial charge in [-0.2, -0.15) is 0 Å². The second kappa shape index (κ2) is 7.24. The first-order valence-corrected chi connectivity index (χ1v) is 6.98. The Bertz CT molecular complexity index is 489. The number of nitro groups is 1. The van der Waals surface area contributed by atoms with Crippen molar-refractivity contribution < 1.29 is 9.72 Å². The van der Waals surface area contributed by atoms with Crippen LogP contribution in [-0.4, -0.2) is 23.3 Å². The Morgan fingerprint density at radius 1 is 1.45 bits per heavy atom. The van der Waals surface area contributed by atoms with Crippen molar-refractivity contribution in [2.24, 2.45) is 5.41 Å². The quantitative estimate of drug-likeness (QED) is 0.476. The van der Waals surface area contributed by atoms with Crippen molar-refractivity contribution in [3.63, 3.8) is 0 Å². The molecule has 1 aromatic rings. The van der Waals surface area contributed by atoms with Crippen LogP contribution in [0, 0.1) is 15.5 Å². The van der Waals surface area contributed by atoms with Crippen molar-refractivity contribution in [2.75, 3.05) is 12.4 Å².